The van der Waals surface area contributed by atoms with Gasteiger partial charge in [0.1, 0.15) is 5.82 Å². The summed E-state index contributed by atoms with van der Waals surface area (Å²) in [7, 11) is 0. The summed E-state index contributed by atoms with van der Waals surface area (Å²) in [5, 5.41) is 10.7. The number of aromatic amines is 1. The number of carbonyl (C=O) groups excluding carboxylic acids is 2. The fourth-order valence-electron chi connectivity index (χ4n) is 4.90. The molecular formula is C27H32N6O2. The fraction of sp³-hybridized carbons (Fsp3) is 0.407. The number of amides is 3. The Labute approximate surface area is 205 Å². The Hall–Kier alpha value is -3.68. The number of urea groups is 1. The number of aryl methyl sites for hydroxylation is 1. The van der Waals surface area contributed by atoms with E-state index in [1.165, 1.54) is 0 Å². The molecule has 0 aliphatic carbocycles. The molecule has 2 aliphatic rings. The average Bonchev–Trinajstić information content (AvgIpc) is 3.40. The summed E-state index contributed by atoms with van der Waals surface area (Å²) in [6, 6.07) is 17.7. The number of piperidine rings is 2. The highest BCUT2D eigenvalue weighted by Crippen LogP contribution is 2.27. The zero-order chi connectivity index (χ0) is 24.2. The van der Waals surface area contributed by atoms with Crippen LogP contribution in [0.2, 0.25) is 0 Å². The Morgan fingerprint density at radius 2 is 1.54 bits per heavy atom. The van der Waals surface area contributed by atoms with E-state index in [4.69, 9.17) is 4.98 Å². The summed E-state index contributed by atoms with van der Waals surface area (Å²) in [4.78, 5) is 34.1. The van der Waals surface area contributed by atoms with Crippen molar-refractivity contribution in [1.29, 1.82) is 0 Å². The second-order valence-corrected chi connectivity index (χ2v) is 9.55. The van der Waals surface area contributed by atoms with Crippen LogP contribution in [0.1, 0.15) is 53.3 Å². The number of likely N-dealkylation sites (tertiary alicyclic amines) is 2. The molecule has 8 heteroatoms. The van der Waals surface area contributed by atoms with Crippen LogP contribution in [-0.4, -0.2) is 69.1 Å². The molecule has 2 saturated heterocycles. The lowest BCUT2D eigenvalue weighted by Gasteiger charge is -2.35. The quantitative estimate of drug-likeness (QED) is 0.601. The van der Waals surface area contributed by atoms with E-state index >= 15 is 0 Å². The molecule has 0 atom stereocenters. The van der Waals surface area contributed by atoms with E-state index in [9.17, 15) is 9.59 Å². The minimum Gasteiger partial charge on any atom is -0.338 e. The van der Waals surface area contributed by atoms with E-state index in [1.54, 1.807) is 0 Å². The van der Waals surface area contributed by atoms with Gasteiger partial charge in [0.2, 0.25) is 0 Å². The number of aromatic nitrogens is 3. The van der Waals surface area contributed by atoms with Gasteiger partial charge in [-0.1, -0.05) is 48.0 Å². The maximum absolute atomic E-state index is 12.9. The van der Waals surface area contributed by atoms with E-state index in [0.717, 1.165) is 48.2 Å². The Morgan fingerprint density at radius 3 is 2.23 bits per heavy atom. The van der Waals surface area contributed by atoms with Gasteiger partial charge < -0.3 is 15.1 Å². The van der Waals surface area contributed by atoms with Crippen LogP contribution in [0.3, 0.4) is 0 Å². The molecule has 0 saturated carbocycles. The predicted molar refractivity (Wildman–Crippen MR) is 134 cm³/mol. The number of nitrogens with zero attached hydrogens (tertiary/aromatic N) is 4. The Bertz CT molecular complexity index is 1140. The third-order valence-electron chi connectivity index (χ3n) is 7.11. The van der Waals surface area contributed by atoms with Crippen molar-refractivity contribution in [3.05, 3.63) is 71.5 Å². The van der Waals surface area contributed by atoms with Crippen molar-refractivity contribution < 1.29 is 9.59 Å². The van der Waals surface area contributed by atoms with Crippen molar-refractivity contribution in [3.63, 3.8) is 0 Å². The zero-order valence-electron chi connectivity index (χ0n) is 20.1. The smallest absolute Gasteiger partial charge is 0.317 e. The van der Waals surface area contributed by atoms with Crippen molar-refractivity contribution in [2.75, 3.05) is 26.2 Å². The van der Waals surface area contributed by atoms with Gasteiger partial charge in [-0.05, 0) is 44.7 Å². The summed E-state index contributed by atoms with van der Waals surface area (Å²) in [5.41, 5.74) is 2.87. The standard InChI is InChI=1S/C27H32N6O2/c1-19-7-9-22(10-8-19)26(34)32-17-13-23(14-18-32)28-27(35)33-15-11-21(12-16-33)25-29-24(30-31-25)20-5-3-2-4-6-20/h2-10,21,23H,11-18H2,1H3,(H,28,35)(H,29,30,31). The third-order valence-corrected chi connectivity index (χ3v) is 7.11. The average molecular weight is 473 g/mol. The lowest BCUT2D eigenvalue weighted by molar-refractivity contribution is 0.0706. The SMILES string of the molecule is Cc1ccc(C(=O)N2CCC(NC(=O)N3CCC(c4nc(-c5ccccc5)n[nH]4)CC3)CC2)cc1. The zero-order valence-corrected chi connectivity index (χ0v) is 20.1. The molecule has 0 spiro atoms. The van der Waals surface area contributed by atoms with Gasteiger partial charge in [-0.25, -0.2) is 9.78 Å². The lowest BCUT2D eigenvalue weighted by atomic mass is 9.96. The van der Waals surface area contributed by atoms with Crippen LogP contribution in [0.5, 0.6) is 0 Å². The maximum Gasteiger partial charge on any atom is 0.317 e. The number of H-pyrrole nitrogens is 1. The molecule has 3 amide bonds. The van der Waals surface area contributed by atoms with E-state index in [-0.39, 0.29) is 23.9 Å². The summed E-state index contributed by atoms with van der Waals surface area (Å²) >= 11 is 0. The number of hydrogen-bond donors (Lipinski definition) is 2. The summed E-state index contributed by atoms with van der Waals surface area (Å²) < 4.78 is 0. The third kappa shape index (κ3) is 5.37. The first-order valence-corrected chi connectivity index (χ1v) is 12.5. The molecule has 2 aromatic carbocycles. The van der Waals surface area contributed by atoms with Gasteiger partial charge in [0.05, 0.1) is 0 Å². The Morgan fingerprint density at radius 1 is 0.886 bits per heavy atom. The molecule has 1 aromatic heterocycles. The van der Waals surface area contributed by atoms with E-state index in [2.05, 4.69) is 15.5 Å². The number of benzene rings is 2. The maximum atomic E-state index is 12.9. The summed E-state index contributed by atoms with van der Waals surface area (Å²) in [6.45, 7) is 4.73. The van der Waals surface area contributed by atoms with Crippen LogP contribution in [-0.2, 0) is 0 Å². The molecule has 8 nitrogen and oxygen atoms in total. The van der Waals surface area contributed by atoms with Crippen molar-refractivity contribution in [2.45, 2.75) is 44.6 Å². The monoisotopic (exact) mass is 472 g/mol. The summed E-state index contributed by atoms with van der Waals surface area (Å²) in [5.74, 6) is 1.96. The first-order valence-electron chi connectivity index (χ1n) is 12.5. The van der Waals surface area contributed by atoms with Crippen LogP contribution in [0.4, 0.5) is 4.79 Å². The van der Waals surface area contributed by atoms with E-state index in [0.29, 0.717) is 32.0 Å². The van der Waals surface area contributed by atoms with Crippen LogP contribution >= 0.6 is 0 Å². The second-order valence-electron chi connectivity index (χ2n) is 9.55. The first kappa shape index (κ1) is 23.1. The second kappa shape index (κ2) is 10.3. The highest BCUT2D eigenvalue weighted by molar-refractivity contribution is 5.94. The number of nitrogens with one attached hydrogen (secondary N) is 2. The molecule has 3 heterocycles. The van der Waals surface area contributed by atoms with Crippen molar-refractivity contribution in [2.24, 2.45) is 0 Å². The molecule has 182 valence electrons. The molecule has 5 rings (SSSR count). The molecule has 35 heavy (non-hydrogen) atoms. The number of rotatable bonds is 4. The number of carbonyl (C=O) groups is 2. The van der Waals surface area contributed by atoms with Gasteiger partial charge >= 0.3 is 6.03 Å². The molecule has 2 aliphatic heterocycles. The van der Waals surface area contributed by atoms with Crippen LogP contribution in [0, 0.1) is 6.92 Å². The molecule has 0 unspecified atom stereocenters. The van der Waals surface area contributed by atoms with Crippen molar-refractivity contribution in [1.82, 2.24) is 30.3 Å². The topological polar surface area (TPSA) is 94.2 Å². The van der Waals surface area contributed by atoms with Gasteiger partial charge in [-0.15, -0.1) is 0 Å². The molecular weight excluding hydrogens is 440 g/mol. The van der Waals surface area contributed by atoms with Gasteiger partial charge in [-0.3, -0.25) is 9.89 Å². The van der Waals surface area contributed by atoms with E-state index < -0.39 is 0 Å². The van der Waals surface area contributed by atoms with Crippen LogP contribution in [0.25, 0.3) is 11.4 Å². The number of hydrogen-bond acceptors (Lipinski definition) is 4. The minimum atomic E-state index is -0.00527. The molecule has 0 bridgehead atoms. The molecule has 3 aromatic rings. The summed E-state index contributed by atoms with van der Waals surface area (Å²) in [6.07, 6.45) is 3.28. The Balaban J connectivity index is 1.07. The van der Waals surface area contributed by atoms with Crippen LogP contribution in [0.15, 0.2) is 54.6 Å². The lowest BCUT2D eigenvalue weighted by Crippen LogP contribution is -2.51. The molecule has 2 fully saturated rings. The minimum absolute atomic E-state index is 0.00527. The predicted octanol–water partition coefficient (Wildman–Crippen LogP) is 3.97. The van der Waals surface area contributed by atoms with Gasteiger partial charge in [0.15, 0.2) is 5.82 Å². The van der Waals surface area contributed by atoms with Gasteiger partial charge in [0, 0.05) is 49.3 Å². The molecule has 0 radical (unpaired) electrons. The highest BCUT2D eigenvalue weighted by atomic mass is 16.2. The van der Waals surface area contributed by atoms with Gasteiger partial charge in [0.25, 0.3) is 5.91 Å². The van der Waals surface area contributed by atoms with Gasteiger partial charge in [-0.2, -0.15) is 5.10 Å². The Kier molecular flexibility index (Phi) is 6.79. The van der Waals surface area contributed by atoms with E-state index in [1.807, 2.05) is 71.3 Å². The largest absolute Gasteiger partial charge is 0.338 e. The normalized spacial score (nSPS) is 17.4. The van der Waals surface area contributed by atoms with Crippen molar-refractivity contribution >= 4 is 11.9 Å². The van der Waals surface area contributed by atoms with Crippen LogP contribution < -0.4 is 5.32 Å². The fourth-order valence-corrected chi connectivity index (χ4v) is 4.90. The molecule has 2 N–H and O–H groups in total. The highest BCUT2D eigenvalue weighted by Gasteiger charge is 2.29. The van der Waals surface area contributed by atoms with Crippen molar-refractivity contribution in [3.8, 4) is 11.4 Å². The first-order chi connectivity index (χ1) is 17.1.